The van der Waals surface area contributed by atoms with Gasteiger partial charge in [-0.2, -0.15) is 0 Å². The van der Waals surface area contributed by atoms with Gasteiger partial charge in [-0.1, -0.05) is 218 Å². The average molecular weight is 1330 g/mol. The van der Waals surface area contributed by atoms with Crippen molar-refractivity contribution in [2.24, 2.45) is 0 Å². The molecule has 0 saturated carbocycles. The van der Waals surface area contributed by atoms with E-state index in [0.29, 0.717) is 6.61 Å². The maximum atomic E-state index is 5.77. The summed E-state index contributed by atoms with van der Waals surface area (Å²) in [5.41, 5.74) is 15.5. The molecule has 8 heteroatoms. The smallest absolute Gasteiger partial charge is 0.119 e. The fraction of sp³-hybridized carbons (Fsp3) is 0.511. The standard InChI is InChI=1S/C24H35NO.C23H33NO.C22H31NO.C21H29NO/c1-3-5-7-8-10-22-12-16-23(25-20-22)15-11-21-13-17-24(18-14-21)26-19-9-6-4-2;1-3-5-7-8-9-21-11-15-22(24-19-21)14-10-20-12-16-23(17-13-20)25-18-6-4-2;1-3-5-6-7-8-20-10-14-21(23-18-20)13-9-19-11-15-22(16-12-19)24-17-4-2;1-3-5-6-7-8-19-10-14-20(22-17-19)13-9-18-11-15-21(16-12-18)23-4-2/h12-14,16-18,20H,3-11,15,19H2,1-2H3;11-13,15-17,19H,3-10,14,18H2,1-2H3;10-12,14-16,18H,3-9,13,17H2,1-2H3;10-12,14-17H,3-9,13H2,1-2H3. The van der Waals surface area contributed by atoms with Crippen molar-refractivity contribution in [1.29, 1.82) is 0 Å². The third-order valence-corrected chi connectivity index (χ3v) is 17.8. The number of ether oxygens (including phenoxy) is 4. The van der Waals surface area contributed by atoms with Crippen LogP contribution in [-0.2, 0) is 77.0 Å². The van der Waals surface area contributed by atoms with E-state index in [4.69, 9.17) is 18.9 Å². The molecular formula is C90H128N4O4. The number of rotatable bonds is 46. The van der Waals surface area contributed by atoms with E-state index < -0.39 is 0 Å². The first-order valence-corrected chi connectivity index (χ1v) is 38.9. The first-order valence-electron chi connectivity index (χ1n) is 38.9. The third-order valence-electron chi connectivity index (χ3n) is 17.8. The number of hydrogen-bond acceptors (Lipinski definition) is 8. The Bertz CT molecular complexity index is 3080. The summed E-state index contributed by atoms with van der Waals surface area (Å²) < 4.78 is 22.6. The molecule has 0 radical (unpaired) electrons. The van der Waals surface area contributed by atoms with Crippen LogP contribution in [0.1, 0.15) is 264 Å². The molecule has 4 heterocycles. The number of benzene rings is 4. The fourth-order valence-corrected chi connectivity index (χ4v) is 11.4. The molecule has 0 fully saturated rings. The molecule has 98 heavy (non-hydrogen) atoms. The molecule has 8 nitrogen and oxygen atoms in total. The zero-order chi connectivity index (χ0) is 69.6. The first kappa shape index (κ1) is 81.4. The highest BCUT2D eigenvalue weighted by molar-refractivity contribution is 5.31. The van der Waals surface area contributed by atoms with Gasteiger partial charge in [0.25, 0.3) is 0 Å². The molecule has 0 aliphatic carbocycles. The molecule has 8 aromatic rings. The molecule has 0 amide bonds. The Morgan fingerprint density at radius 2 is 0.439 bits per heavy atom. The molecular weight excluding hydrogens is 1200 g/mol. The van der Waals surface area contributed by atoms with Crippen LogP contribution in [0.2, 0.25) is 0 Å². The lowest BCUT2D eigenvalue weighted by atomic mass is 10.1. The Morgan fingerprint density at radius 3 is 0.684 bits per heavy atom. The summed E-state index contributed by atoms with van der Waals surface area (Å²) >= 11 is 0. The number of nitrogens with zero attached hydrogens (tertiary/aromatic N) is 4. The summed E-state index contributed by atoms with van der Waals surface area (Å²) in [6.07, 6.45) is 48.9. The maximum Gasteiger partial charge on any atom is 0.119 e. The molecule has 4 aromatic heterocycles. The fourth-order valence-electron chi connectivity index (χ4n) is 11.4. The van der Waals surface area contributed by atoms with Gasteiger partial charge in [0.15, 0.2) is 0 Å². The van der Waals surface area contributed by atoms with Crippen LogP contribution in [0.15, 0.2) is 170 Å². The van der Waals surface area contributed by atoms with Crippen LogP contribution in [0.25, 0.3) is 0 Å². The van der Waals surface area contributed by atoms with Crippen LogP contribution in [-0.4, -0.2) is 46.4 Å². The molecule has 0 unspecified atom stereocenters. The van der Waals surface area contributed by atoms with Gasteiger partial charge in [-0.3, -0.25) is 19.9 Å². The van der Waals surface area contributed by atoms with E-state index >= 15 is 0 Å². The Labute approximate surface area is 596 Å². The van der Waals surface area contributed by atoms with Crippen LogP contribution >= 0.6 is 0 Å². The minimum Gasteiger partial charge on any atom is -0.494 e. The van der Waals surface area contributed by atoms with Gasteiger partial charge in [-0.25, -0.2) is 0 Å². The van der Waals surface area contributed by atoms with Crippen LogP contribution in [0.4, 0.5) is 0 Å². The van der Waals surface area contributed by atoms with E-state index in [1.807, 2.05) is 19.1 Å². The summed E-state index contributed by atoms with van der Waals surface area (Å²) in [6, 6.07) is 51.6. The minimum absolute atomic E-state index is 0.716. The normalized spacial score (nSPS) is 10.8. The summed E-state index contributed by atoms with van der Waals surface area (Å²) in [5.74, 6) is 3.87. The van der Waals surface area contributed by atoms with Gasteiger partial charge < -0.3 is 18.9 Å². The number of pyridine rings is 4. The summed E-state index contributed by atoms with van der Waals surface area (Å²) in [7, 11) is 0. The van der Waals surface area contributed by atoms with Crippen molar-refractivity contribution in [3.8, 4) is 23.0 Å². The van der Waals surface area contributed by atoms with Gasteiger partial charge in [-0.05, 0) is 246 Å². The van der Waals surface area contributed by atoms with Crippen molar-refractivity contribution in [2.45, 2.75) is 274 Å². The molecule has 0 N–H and O–H groups in total. The zero-order valence-corrected chi connectivity index (χ0v) is 62.5. The van der Waals surface area contributed by atoms with Gasteiger partial charge in [0.2, 0.25) is 0 Å². The largest absolute Gasteiger partial charge is 0.494 e. The lowest BCUT2D eigenvalue weighted by molar-refractivity contribution is 0.306. The van der Waals surface area contributed by atoms with Crippen LogP contribution in [0.3, 0.4) is 0 Å². The van der Waals surface area contributed by atoms with Crippen molar-refractivity contribution in [1.82, 2.24) is 19.9 Å². The molecule has 0 aliphatic heterocycles. The summed E-state index contributed by atoms with van der Waals surface area (Å²) in [6.45, 7) is 20.7. The average Bonchev–Trinajstić information content (AvgIpc) is 1.92. The second kappa shape index (κ2) is 53.6. The van der Waals surface area contributed by atoms with Gasteiger partial charge in [0, 0.05) is 47.6 Å². The second-order valence-electron chi connectivity index (χ2n) is 26.5. The van der Waals surface area contributed by atoms with Crippen molar-refractivity contribution < 1.29 is 18.9 Å². The van der Waals surface area contributed by atoms with Crippen LogP contribution in [0, 0.1) is 0 Å². The topological polar surface area (TPSA) is 88.5 Å². The van der Waals surface area contributed by atoms with E-state index in [2.05, 4.69) is 227 Å². The lowest BCUT2D eigenvalue weighted by Crippen LogP contribution is -1.98. The van der Waals surface area contributed by atoms with E-state index in [0.717, 1.165) is 139 Å². The SMILES string of the molecule is CCCCCCc1ccc(CCc2ccc(OCC)cc2)nc1.CCCCCCc1ccc(CCc2ccc(OCCC)cc2)nc1.CCCCCCc1ccc(CCc2ccc(OCCCC)cc2)nc1.CCCCCCc1ccc(CCc2ccc(OCCCCC)cc2)nc1. The van der Waals surface area contributed by atoms with E-state index in [9.17, 15) is 0 Å². The second-order valence-corrected chi connectivity index (χ2v) is 26.5. The maximum absolute atomic E-state index is 5.77. The van der Waals surface area contributed by atoms with Gasteiger partial charge >= 0.3 is 0 Å². The molecule has 532 valence electrons. The molecule has 0 atom stereocenters. The zero-order valence-electron chi connectivity index (χ0n) is 62.5. The summed E-state index contributed by atoms with van der Waals surface area (Å²) in [4.78, 5) is 18.5. The molecule has 0 spiro atoms. The Balaban J connectivity index is 0.000000236. The van der Waals surface area contributed by atoms with E-state index in [-0.39, 0.29) is 0 Å². The first-order chi connectivity index (χ1) is 48.3. The Hall–Kier alpha value is -7.32. The Morgan fingerprint density at radius 1 is 0.194 bits per heavy atom. The molecule has 0 bridgehead atoms. The van der Waals surface area contributed by atoms with Crippen LogP contribution in [0.5, 0.6) is 23.0 Å². The number of unbranched alkanes of at least 4 members (excludes halogenated alkanes) is 15. The number of aryl methyl sites for hydroxylation is 12. The quantitative estimate of drug-likeness (QED) is 0.0349. The molecule has 0 saturated heterocycles. The lowest BCUT2D eigenvalue weighted by Gasteiger charge is -2.07. The van der Waals surface area contributed by atoms with Crippen molar-refractivity contribution in [2.75, 3.05) is 26.4 Å². The summed E-state index contributed by atoms with van der Waals surface area (Å²) in [5, 5.41) is 0. The van der Waals surface area contributed by atoms with Gasteiger partial charge in [-0.15, -0.1) is 0 Å². The minimum atomic E-state index is 0.716. The highest BCUT2D eigenvalue weighted by Gasteiger charge is 2.06. The van der Waals surface area contributed by atoms with E-state index in [1.54, 1.807) is 0 Å². The third kappa shape index (κ3) is 37.6. The van der Waals surface area contributed by atoms with Gasteiger partial charge in [0.05, 0.1) is 26.4 Å². The predicted octanol–water partition coefficient (Wildman–Crippen LogP) is 23.9. The van der Waals surface area contributed by atoms with Crippen molar-refractivity contribution in [3.63, 3.8) is 0 Å². The van der Waals surface area contributed by atoms with Crippen molar-refractivity contribution in [3.05, 3.63) is 238 Å². The Kier molecular flexibility index (Phi) is 44.5. The molecule has 8 rings (SSSR count). The highest BCUT2D eigenvalue weighted by Crippen LogP contribution is 2.20. The monoisotopic (exact) mass is 1330 g/mol. The molecule has 0 aliphatic rings. The van der Waals surface area contributed by atoms with Gasteiger partial charge in [0.1, 0.15) is 23.0 Å². The number of aromatic nitrogens is 4. The van der Waals surface area contributed by atoms with E-state index in [1.165, 1.54) is 189 Å². The molecule has 4 aromatic carbocycles. The highest BCUT2D eigenvalue weighted by atomic mass is 16.5. The predicted molar refractivity (Wildman–Crippen MR) is 416 cm³/mol. The number of hydrogen-bond donors (Lipinski definition) is 0. The van der Waals surface area contributed by atoms with Crippen molar-refractivity contribution >= 4 is 0 Å². The van der Waals surface area contributed by atoms with Crippen LogP contribution < -0.4 is 18.9 Å².